The van der Waals surface area contributed by atoms with Crippen LogP contribution in [-0.4, -0.2) is 27.0 Å². The van der Waals surface area contributed by atoms with E-state index in [-0.39, 0.29) is 10.8 Å². The Hall–Kier alpha value is -2.54. The lowest BCUT2D eigenvalue weighted by Crippen LogP contribution is -2.38. The molecule has 0 saturated heterocycles. The van der Waals surface area contributed by atoms with Gasteiger partial charge in [0.1, 0.15) is 5.75 Å². The summed E-state index contributed by atoms with van der Waals surface area (Å²) in [6.45, 7) is 8.08. The number of amides is 1. The quantitative estimate of drug-likeness (QED) is 0.724. The Morgan fingerprint density at radius 3 is 2.26 bits per heavy atom. The van der Waals surface area contributed by atoms with Gasteiger partial charge in [-0.25, -0.2) is 8.42 Å². The Labute approximate surface area is 161 Å². The van der Waals surface area contributed by atoms with Crippen molar-refractivity contribution in [2.45, 2.75) is 38.7 Å². The van der Waals surface area contributed by atoms with E-state index in [1.54, 1.807) is 31.2 Å². The molecule has 1 atom stereocenters. The van der Waals surface area contributed by atoms with Gasteiger partial charge < -0.3 is 10.1 Å². The first-order chi connectivity index (χ1) is 12.7. The minimum Gasteiger partial charge on any atom is -0.481 e. The topological polar surface area (TPSA) is 84.5 Å². The lowest BCUT2D eigenvalue weighted by atomic mass is 10.2. The molecule has 0 unspecified atom stereocenters. The van der Waals surface area contributed by atoms with E-state index in [9.17, 15) is 13.2 Å². The number of ether oxygens (including phenoxy) is 1. The number of sulfonamides is 1. The summed E-state index contributed by atoms with van der Waals surface area (Å²) in [5.41, 5.74) is 1.37. The monoisotopic (exact) mass is 390 g/mol. The van der Waals surface area contributed by atoms with Crippen LogP contribution in [0.2, 0.25) is 0 Å². The molecule has 1 amide bonds. The molecule has 0 saturated carbocycles. The Balaban J connectivity index is 2.03. The summed E-state index contributed by atoms with van der Waals surface area (Å²) in [4.78, 5) is 12.1. The molecule has 0 bridgehead atoms. The summed E-state index contributed by atoms with van der Waals surface area (Å²) >= 11 is 0. The largest absolute Gasteiger partial charge is 0.481 e. The highest BCUT2D eigenvalue weighted by molar-refractivity contribution is 7.92. The van der Waals surface area contributed by atoms with Gasteiger partial charge in [0, 0.05) is 6.54 Å². The summed E-state index contributed by atoms with van der Waals surface area (Å²) in [7, 11) is -3.70. The predicted octanol–water partition coefficient (Wildman–Crippen LogP) is 3.34. The van der Waals surface area contributed by atoms with Gasteiger partial charge in [0.2, 0.25) is 0 Å². The molecule has 0 aliphatic carbocycles. The molecule has 2 rings (SSSR count). The van der Waals surface area contributed by atoms with E-state index in [2.05, 4.69) is 10.0 Å². The molecule has 0 spiro atoms. The van der Waals surface area contributed by atoms with E-state index in [0.717, 1.165) is 5.56 Å². The third kappa shape index (κ3) is 5.99. The molecule has 0 aromatic heterocycles. The van der Waals surface area contributed by atoms with E-state index in [1.165, 1.54) is 12.1 Å². The number of anilines is 1. The number of carbonyl (C=O) groups excluding carboxylic acids is 1. The lowest BCUT2D eigenvalue weighted by molar-refractivity contribution is -0.127. The summed E-state index contributed by atoms with van der Waals surface area (Å²) in [5, 5.41) is 2.80. The van der Waals surface area contributed by atoms with Crippen LogP contribution in [0.5, 0.6) is 5.75 Å². The third-order valence-corrected chi connectivity index (χ3v) is 5.27. The molecule has 2 N–H and O–H groups in total. The fourth-order valence-corrected chi connectivity index (χ4v) is 3.43. The number of benzene rings is 2. The maximum Gasteiger partial charge on any atom is 0.261 e. The second-order valence-corrected chi connectivity index (χ2v) is 8.47. The Bertz CT molecular complexity index is 877. The number of hydrogen-bond donors (Lipinski definition) is 2. The third-order valence-electron chi connectivity index (χ3n) is 3.89. The van der Waals surface area contributed by atoms with Gasteiger partial charge in [-0.05, 0) is 55.7 Å². The van der Waals surface area contributed by atoms with Gasteiger partial charge in [0.25, 0.3) is 15.9 Å². The molecular weight excluding hydrogens is 364 g/mol. The van der Waals surface area contributed by atoms with Crippen molar-refractivity contribution in [2.24, 2.45) is 5.92 Å². The molecule has 0 aliphatic rings. The first-order valence-electron chi connectivity index (χ1n) is 8.82. The summed E-state index contributed by atoms with van der Waals surface area (Å²) < 4.78 is 33.2. The highest BCUT2D eigenvalue weighted by atomic mass is 32.2. The maximum absolute atomic E-state index is 12.5. The van der Waals surface area contributed by atoms with Crippen LogP contribution in [0.1, 0.15) is 26.3 Å². The van der Waals surface area contributed by atoms with Crippen LogP contribution in [-0.2, 0) is 14.8 Å². The van der Waals surface area contributed by atoms with Crippen molar-refractivity contribution >= 4 is 21.6 Å². The average Bonchev–Trinajstić information content (AvgIpc) is 2.62. The molecule has 0 radical (unpaired) electrons. The van der Waals surface area contributed by atoms with Crippen molar-refractivity contribution in [3.63, 3.8) is 0 Å². The number of hydrogen-bond acceptors (Lipinski definition) is 4. The van der Waals surface area contributed by atoms with Gasteiger partial charge in [-0.2, -0.15) is 0 Å². The predicted molar refractivity (Wildman–Crippen MR) is 106 cm³/mol. The van der Waals surface area contributed by atoms with Crippen LogP contribution in [0.15, 0.2) is 53.4 Å². The average molecular weight is 391 g/mol. The fraction of sp³-hybridized carbons (Fsp3) is 0.350. The number of para-hydroxylation sites is 1. The second kappa shape index (κ2) is 8.90. The lowest BCUT2D eigenvalue weighted by Gasteiger charge is -2.16. The first kappa shape index (κ1) is 20.8. The van der Waals surface area contributed by atoms with E-state index in [0.29, 0.717) is 23.9 Å². The van der Waals surface area contributed by atoms with Gasteiger partial charge in [0.05, 0.1) is 10.6 Å². The standard InChI is InChI=1S/C20H26N2O4S/c1-14(2)13-21-20(23)16(4)26-17-9-11-18(12-10-17)27(24,25)22-19-8-6-5-7-15(19)3/h5-12,14,16,22H,13H2,1-4H3,(H,21,23)/t16-/m0/s1. The fourth-order valence-electron chi connectivity index (χ4n) is 2.29. The molecule has 146 valence electrons. The van der Waals surface area contributed by atoms with Crippen molar-refractivity contribution in [2.75, 3.05) is 11.3 Å². The molecule has 0 heterocycles. The molecule has 27 heavy (non-hydrogen) atoms. The molecule has 6 nitrogen and oxygen atoms in total. The highest BCUT2D eigenvalue weighted by Crippen LogP contribution is 2.21. The van der Waals surface area contributed by atoms with E-state index in [1.807, 2.05) is 32.9 Å². The Kier molecular flexibility index (Phi) is 6.85. The number of nitrogens with one attached hydrogen (secondary N) is 2. The van der Waals surface area contributed by atoms with Crippen LogP contribution in [0.4, 0.5) is 5.69 Å². The smallest absolute Gasteiger partial charge is 0.261 e. The van der Waals surface area contributed by atoms with Gasteiger partial charge in [0.15, 0.2) is 6.10 Å². The van der Waals surface area contributed by atoms with Crippen LogP contribution in [0.25, 0.3) is 0 Å². The highest BCUT2D eigenvalue weighted by Gasteiger charge is 2.17. The molecule has 0 fully saturated rings. The first-order valence-corrected chi connectivity index (χ1v) is 10.3. The van der Waals surface area contributed by atoms with Crippen molar-refractivity contribution in [3.8, 4) is 5.75 Å². The van der Waals surface area contributed by atoms with E-state index >= 15 is 0 Å². The minimum absolute atomic E-state index is 0.120. The summed E-state index contributed by atoms with van der Waals surface area (Å²) in [6.07, 6.45) is -0.670. The number of carbonyl (C=O) groups is 1. The van der Waals surface area contributed by atoms with E-state index in [4.69, 9.17) is 4.74 Å². The molecule has 7 heteroatoms. The van der Waals surface area contributed by atoms with Crippen LogP contribution in [0.3, 0.4) is 0 Å². The van der Waals surface area contributed by atoms with Gasteiger partial charge in [-0.15, -0.1) is 0 Å². The summed E-state index contributed by atoms with van der Waals surface area (Å²) in [6, 6.07) is 13.1. The zero-order valence-electron chi connectivity index (χ0n) is 16.0. The van der Waals surface area contributed by atoms with Crippen molar-refractivity contribution in [3.05, 3.63) is 54.1 Å². The van der Waals surface area contributed by atoms with Crippen LogP contribution < -0.4 is 14.8 Å². The number of aryl methyl sites for hydroxylation is 1. The molecule has 0 aliphatic heterocycles. The van der Waals surface area contributed by atoms with Crippen molar-refractivity contribution < 1.29 is 17.9 Å². The normalized spacial score (nSPS) is 12.5. The Morgan fingerprint density at radius 1 is 1.04 bits per heavy atom. The zero-order chi connectivity index (χ0) is 20.0. The number of rotatable bonds is 8. The van der Waals surface area contributed by atoms with E-state index < -0.39 is 16.1 Å². The molecule has 2 aromatic carbocycles. The summed E-state index contributed by atoms with van der Waals surface area (Å²) in [5.74, 6) is 0.574. The Morgan fingerprint density at radius 2 is 1.67 bits per heavy atom. The second-order valence-electron chi connectivity index (χ2n) is 6.79. The minimum atomic E-state index is -3.70. The van der Waals surface area contributed by atoms with Gasteiger partial charge in [-0.3, -0.25) is 9.52 Å². The zero-order valence-corrected chi connectivity index (χ0v) is 16.8. The van der Waals surface area contributed by atoms with Crippen molar-refractivity contribution in [1.82, 2.24) is 5.32 Å². The van der Waals surface area contributed by atoms with Gasteiger partial charge >= 0.3 is 0 Å². The molecular formula is C20H26N2O4S. The van der Waals surface area contributed by atoms with Crippen LogP contribution in [0, 0.1) is 12.8 Å². The SMILES string of the molecule is Cc1ccccc1NS(=O)(=O)c1ccc(O[C@@H](C)C(=O)NCC(C)C)cc1. The maximum atomic E-state index is 12.5. The van der Waals surface area contributed by atoms with Gasteiger partial charge in [-0.1, -0.05) is 32.0 Å². The van der Waals surface area contributed by atoms with Crippen LogP contribution >= 0.6 is 0 Å². The molecule has 2 aromatic rings. The van der Waals surface area contributed by atoms with Crippen molar-refractivity contribution in [1.29, 1.82) is 0 Å².